The minimum Gasteiger partial charge on any atom is -0.484 e. The lowest BCUT2D eigenvalue weighted by molar-refractivity contribution is -0.133. The molecule has 1 aromatic carbocycles. The summed E-state index contributed by atoms with van der Waals surface area (Å²) in [6, 6.07) is 6.93. The summed E-state index contributed by atoms with van der Waals surface area (Å²) < 4.78 is 5.47. The predicted octanol–water partition coefficient (Wildman–Crippen LogP) is 1.09. The third-order valence-corrected chi connectivity index (χ3v) is 3.33. The fourth-order valence-electron chi connectivity index (χ4n) is 2.09. The van der Waals surface area contributed by atoms with E-state index in [1.54, 1.807) is 29.2 Å². The highest BCUT2D eigenvalue weighted by Gasteiger charge is 2.16. The van der Waals surface area contributed by atoms with Crippen LogP contribution in [0.2, 0.25) is 0 Å². The van der Waals surface area contributed by atoms with Crippen LogP contribution < -0.4 is 10.1 Å². The Morgan fingerprint density at radius 3 is 2.45 bits per heavy atom. The topological polar surface area (TPSA) is 58.6 Å². The molecule has 0 aromatic heterocycles. The molecule has 0 unspecified atom stereocenters. The molecule has 1 aliphatic rings. The predicted molar refractivity (Wildman–Crippen MR) is 76.0 cm³/mol. The summed E-state index contributed by atoms with van der Waals surface area (Å²) in [6.07, 6.45) is 0.488. The van der Waals surface area contributed by atoms with Gasteiger partial charge in [-0.05, 0) is 24.3 Å². The number of ketones is 1. The van der Waals surface area contributed by atoms with Gasteiger partial charge in [-0.3, -0.25) is 9.59 Å². The van der Waals surface area contributed by atoms with Gasteiger partial charge < -0.3 is 15.0 Å². The first-order valence-corrected chi connectivity index (χ1v) is 6.95. The molecule has 20 heavy (non-hydrogen) atoms. The summed E-state index contributed by atoms with van der Waals surface area (Å²) in [5, 5.41) is 3.20. The van der Waals surface area contributed by atoms with Crippen molar-refractivity contribution >= 4 is 11.7 Å². The zero-order valence-corrected chi connectivity index (χ0v) is 11.7. The first-order chi connectivity index (χ1) is 9.70. The van der Waals surface area contributed by atoms with Gasteiger partial charge in [-0.15, -0.1) is 0 Å². The molecular formula is C15H20N2O3. The second-order valence-corrected chi connectivity index (χ2v) is 4.72. The molecule has 0 spiro atoms. The average Bonchev–Trinajstić information content (AvgIpc) is 2.53. The lowest BCUT2D eigenvalue weighted by atomic mass is 10.1. The number of hydrogen-bond acceptors (Lipinski definition) is 4. The molecule has 1 heterocycles. The molecule has 1 aliphatic heterocycles. The smallest absolute Gasteiger partial charge is 0.260 e. The maximum atomic E-state index is 11.9. The molecule has 0 atom stereocenters. The van der Waals surface area contributed by atoms with Crippen LogP contribution in [-0.4, -0.2) is 49.4 Å². The highest BCUT2D eigenvalue weighted by molar-refractivity contribution is 5.95. The number of hydrogen-bond donors (Lipinski definition) is 1. The van der Waals surface area contributed by atoms with E-state index in [0.717, 1.165) is 26.2 Å². The van der Waals surface area contributed by atoms with Gasteiger partial charge in [0.05, 0.1) is 0 Å². The van der Waals surface area contributed by atoms with Crippen molar-refractivity contribution < 1.29 is 14.3 Å². The largest absolute Gasteiger partial charge is 0.484 e. The molecule has 1 aromatic rings. The van der Waals surface area contributed by atoms with Crippen molar-refractivity contribution in [2.45, 2.75) is 13.3 Å². The number of Topliss-reactive ketones (excluding diaryl/α,β-unsaturated/α-hetero) is 1. The highest BCUT2D eigenvalue weighted by atomic mass is 16.5. The van der Waals surface area contributed by atoms with Crippen LogP contribution in [0.4, 0.5) is 0 Å². The van der Waals surface area contributed by atoms with Gasteiger partial charge in [0.2, 0.25) is 0 Å². The van der Waals surface area contributed by atoms with E-state index in [2.05, 4.69) is 5.32 Å². The number of amides is 1. The molecule has 0 bridgehead atoms. The fourth-order valence-corrected chi connectivity index (χ4v) is 2.09. The van der Waals surface area contributed by atoms with E-state index >= 15 is 0 Å². The number of ether oxygens (including phenoxy) is 1. The van der Waals surface area contributed by atoms with Crippen molar-refractivity contribution in [1.82, 2.24) is 10.2 Å². The van der Waals surface area contributed by atoms with E-state index in [4.69, 9.17) is 4.74 Å². The number of rotatable bonds is 5. The first kappa shape index (κ1) is 14.5. The Balaban J connectivity index is 1.84. The molecule has 1 fully saturated rings. The van der Waals surface area contributed by atoms with Gasteiger partial charge >= 0.3 is 0 Å². The molecule has 2 rings (SSSR count). The molecule has 5 nitrogen and oxygen atoms in total. The molecule has 1 saturated heterocycles. The van der Waals surface area contributed by atoms with Crippen molar-refractivity contribution in [2.75, 3.05) is 32.8 Å². The van der Waals surface area contributed by atoms with Crippen molar-refractivity contribution in [3.05, 3.63) is 29.8 Å². The molecule has 0 radical (unpaired) electrons. The van der Waals surface area contributed by atoms with Crippen LogP contribution in [0.15, 0.2) is 24.3 Å². The monoisotopic (exact) mass is 276 g/mol. The lowest BCUT2D eigenvalue weighted by Gasteiger charge is -2.27. The van der Waals surface area contributed by atoms with Crippen LogP contribution in [0.5, 0.6) is 5.75 Å². The normalized spacial score (nSPS) is 14.9. The van der Waals surface area contributed by atoms with E-state index in [1.807, 2.05) is 6.92 Å². The lowest BCUT2D eigenvalue weighted by Crippen LogP contribution is -2.47. The summed E-state index contributed by atoms with van der Waals surface area (Å²) in [6.45, 7) is 5.00. The Morgan fingerprint density at radius 1 is 1.20 bits per heavy atom. The Morgan fingerprint density at radius 2 is 1.85 bits per heavy atom. The third kappa shape index (κ3) is 3.81. The van der Waals surface area contributed by atoms with Gasteiger partial charge in [0, 0.05) is 38.2 Å². The number of benzene rings is 1. The quantitative estimate of drug-likeness (QED) is 0.818. The van der Waals surface area contributed by atoms with Gasteiger partial charge in [-0.25, -0.2) is 0 Å². The summed E-state index contributed by atoms with van der Waals surface area (Å²) in [7, 11) is 0. The summed E-state index contributed by atoms with van der Waals surface area (Å²) in [4.78, 5) is 25.2. The maximum Gasteiger partial charge on any atom is 0.260 e. The van der Waals surface area contributed by atoms with Gasteiger partial charge in [-0.1, -0.05) is 6.92 Å². The van der Waals surface area contributed by atoms with E-state index in [0.29, 0.717) is 17.7 Å². The molecule has 108 valence electrons. The van der Waals surface area contributed by atoms with Crippen LogP contribution in [0, 0.1) is 0 Å². The highest BCUT2D eigenvalue weighted by Crippen LogP contribution is 2.13. The van der Waals surface area contributed by atoms with E-state index < -0.39 is 0 Å². The van der Waals surface area contributed by atoms with Gasteiger partial charge in [0.1, 0.15) is 5.75 Å². The number of piperazine rings is 1. The minimum atomic E-state index is 0.000195. The fraction of sp³-hybridized carbons (Fsp3) is 0.467. The molecular weight excluding hydrogens is 256 g/mol. The summed E-state index contributed by atoms with van der Waals surface area (Å²) in [5.74, 6) is 0.717. The first-order valence-electron chi connectivity index (χ1n) is 6.95. The standard InChI is InChI=1S/C15H20N2O3/c1-2-14(18)12-3-5-13(6-4-12)20-11-15(19)17-9-7-16-8-10-17/h3-6,16H,2,7-11H2,1H3. The van der Waals surface area contributed by atoms with Crippen molar-refractivity contribution in [2.24, 2.45) is 0 Å². The van der Waals surface area contributed by atoms with Crippen LogP contribution in [-0.2, 0) is 4.79 Å². The number of nitrogens with zero attached hydrogens (tertiary/aromatic N) is 1. The SMILES string of the molecule is CCC(=O)c1ccc(OCC(=O)N2CCNCC2)cc1. The molecule has 5 heteroatoms. The van der Waals surface area contributed by atoms with E-state index in [-0.39, 0.29) is 18.3 Å². The Labute approximate surface area is 118 Å². The van der Waals surface area contributed by atoms with Crippen LogP contribution in [0.3, 0.4) is 0 Å². The van der Waals surface area contributed by atoms with Crippen LogP contribution in [0.25, 0.3) is 0 Å². The van der Waals surface area contributed by atoms with Crippen molar-refractivity contribution in [3.8, 4) is 5.75 Å². The maximum absolute atomic E-state index is 11.9. The van der Waals surface area contributed by atoms with Gasteiger partial charge in [-0.2, -0.15) is 0 Å². The number of carbonyl (C=O) groups is 2. The van der Waals surface area contributed by atoms with Crippen LogP contribution >= 0.6 is 0 Å². The summed E-state index contributed by atoms with van der Waals surface area (Å²) in [5.41, 5.74) is 0.674. The molecule has 1 amide bonds. The summed E-state index contributed by atoms with van der Waals surface area (Å²) >= 11 is 0. The van der Waals surface area contributed by atoms with E-state index in [9.17, 15) is 9.59 Å². The molecule has 0 aliphatic carbocycles. The Hall–Kier alpha value is -1.88. The third-order valence-electron chi connectivity index (χ3n) is 3.33. The average molecular weight is 276 g/mol. The molecule has 0 saturated carbocycles. The van der Waals surface area contributed by atoms with Gasteiger partial charge in [0.15, 0.2) is 12.4 Å². The van der Waals surface area contributed by atoms with Crippen molar-refractivity contribution in [1.29, 1.82) is 0 Å². The minimum absolute atomic E-state index is 0.000195. The number of nitrogens with one attached hydrogen (secondary N) is 1. The van der Waals surface area contributed by atoms with Gasteiger partial charge in [0.25, 0.3) is 5.91 Å². The Kier molecular flexibility index (Phi) is 5.12. The second-order valence-electron chi connectivity index (χ2n) is 4.72. The second kappa shape index (κ2) is 7.05. The van der Waals surface area contributed by atoms with Crippen molar-refractivity contribution in [3.63, 3.8) is 0 Å². The zero-order valence-electron chi connectivity index (χ0n) is 11.7. The Bertz CT molecular complexity index is 465. The molecule has 1 N–H and O–H groups in total. The zero-order chi connectivity index (χ0) is 14.4. The van der Waals surface area contributed by atoms with E-state index in [1.165, 1.54) is 0 Å². The van der Waals surface area contributed by atoms with Crippen LogP contribution in [0.1, 0.15) is 23.7 Å². The number of carbonyl (C=O) groups excluding carboxylic acids is 2.